The van der Waals surface area contributed by atoms with E-state index in [0.717, 1.165) is 4.67 Å². The third-order valence-electron chi connectivity index (χ3n) is 1.12. The molecule has 0 spiro atoms. The van der Waals surface area contributed by atoms with Gasteiger partial charge in [-0.15, -0.1) is 0 Å². The average molecular weight is 223 g/mol. The molecule has 4 nitrogen and oxygen atoms in total. The number of hydrogen-bond acceptors (Lipinski definition) is 3. The van der Waals surface area contributed by atoms with E-state index in [4.69, 9.17) is 5.11 Å². The van der Waals surface area contributed by atoms with Gasteiger partial charge in [-0.2, -0.15) is 0 Å². The number of nitrogens with one attached hydrogen (secondary N) is 1. The topological polar surface area (TPSA) is 52.6 Å². The molecule has 0 heterocycles. The molecule has 1 atom stereocenters. The van der Waals surface area contributed by atoms with E-state index in [0.29, 0.717) is 0 Å². The summed E-state index contributed by atoms with van der Waals surface area (Å²) in [6.45, 7) is 1.59. The summed E-state index contributed by atoms with van der Waals surface area (Å²) in [4.78, 5) is 12.1. The van der Waals surface area contributed by atoms with E-state index in [2.05, 4.69) is 20.9 Å². The Morgan fingerprint density at radius 3 is 2.36 bits per heavy atom. The van der Waals surface area contributed by atoms with Crippen molar-refractivity contribution in [2.75, 3.05) is 14.1 Å². The van der Waals surface area contributed by atoms with Gasteiger partial charge in [0.25, 0.3) is 0 Å². The molecule has 0 bridgehead atoms. The third-order valence-corrected chi connectivity index (χ3v) is 2.13. The summed E-state index contributed by atoms with van der Waals surface area (Å²) < 4.78 is 0.722. The Bertz CT molecular complexity index is 170. The predicted octanol–water partition coefficient (Wildman–Crippen LogP) is -1.13. The first-order valence-electron chi connectivity index (χ1n) is 3.15. The maximum absolute atomic E-state index is 10.3. The maximum atomic E-state index is 10.3. The molecule has 0 aliphatic carbocycles. The van der Waals surface area contributed by atoms with Crippen molar-refractivity contribution >= 4 is 26.2 Å². The van der Waals surface area contributed by atoms with E-state index in [1.807, 2.05) is 14.1 Å². The molecule has 64 valence electrons. The van der Waals surface area contributed by atoms with E-state index in [9.17, 15) is 4.79 Å². The zero-order valence-corrected chi connectivity index (χ0v) is 8.50. The number of aliphatic carboxylic acids is 1. The molecule has 0 saturated carbocycles. The molecule has 0 radical (unpaired) electrons. The molecule has 0 aliphatic rings. The fraction of sp³-hybridized carbons (Fsp3) is 0.667. The first-order chi connectivity index (χ1) is 4.95. The molecular formula is C6H12N2O2Se. The van der Waals surface area contributed by atoms with Gasteiger partial charge in [-0.25, -0.2) is 0 Å². The Hall–Kier alpha value is -0.541. The fourth-order valence-corrected chi connectivity index (χ4v) is 0.747. The van der Waals surface area contributed by atoms with Gasteiger partial charge in [-0.1, -0.05) is 0 Å². The molecule has 0 saturated heterocycles. The van der Waals surface area contributed by atoms with Crippen LogP contribution in [-0.2, 0) is 4.79 Å². The second-order valence-corrected chi connectivity index (χ2v) is 3.22. The normalized spacial score (nSPS) is 11.9. The Morgan fingerprint density at radius 2 is 2.09 bits per heavy atom. The van der Waals surface area contributed by atoms with Gasteiger partial charge in [0.05, 0.1) is 0 Å². The zero-order valence-electron chi connectivity index (χ0n) is 6.79. The zero-order chi connectivity index (χ0) is 9.02. The van der Waals surface area contributed by atoms with Gasteiger partial charge in [0.1, 0.15) is 0 Å². The van der Waals surface area contributed by atoms with Crippen molar-refractivity contribution in [1.29, 1.82) is 0 Å². The summed E-state index contributed by atoms with van der Waals surface area (Å²) in [6.07, 6.45) is 0. The van der Waals surface area contributed by atoms with Crippen molar-refractivity contribution in [3.05, 3.63) is 0 Å². The molecule has 0 aromatic rings. The molecule has 0 amide bonds. The molecule has 0 rings (SSSR count). The van der Waals surface area contributed by atoms with Gasteiger partial charge in [-0.3, -0.25) is 0 Å². The Morgan fingerprint density at radius 1 is 1.64 bits per heavy atom. The molecule has 11 heavy (non-hydrogen) atoms. The van der Waals surface area contributed by atoms with Crippen LogP contribution in [0.15, 0.2) is 0 Å². The Kier molecular flexibility index (Phi) is 4.15. The van der Waals surface area contributed by atoms with Crippen molar-refractivity contribution in [1.82, 2.24) is 10.2 Å². The third kappa shape index (κ3) is 4.01. The summed E-state index contributed by atoms with van der Waals surface area (Å²) in [5, 5.41) is 11.3. The summed E-state index contributed by atoms with van der Waals surface area (Å²) in [6, 6.07) is -0.561. The molecule has 0 aromatic carbocycles. The van der Waals surface area contributed by atoms with E-state index in [-0.39, 0.29) is 0 Å². The van der Waals surface area contributed by atoms with Crippen molar-refractivity contribution < 1.29 is 9.90 Å². The average Bonchev–Trinajstić information content (AvgIpc) is 1.87. The minimum atomic E-state index is -0.861. The second-order valence-electron chi connectivity index (χ2n) is 2.40. The van der Waals surface area contributed by atoms with Crippen molar-refractivity contribution in [3.8, 4) is 0 Å². The molecule has 2 N–H and O–H groups in total. The Labute approximate surface area is 73.9 Å². The van der Waals surface area contributed by atoms with Crippen molar-refractivity contribution in [2.45, 2.75) is 13.0 Å². The van der Waals surface area contributed by atoms with Crippen LogP contribution >= 0.6 is 0 Å². The van der Waals surface area contributed by atoms with E-state index in [1.165, 1.54) is 0 Å². The summed E-state index contributed by atoms with van der Waals surface area (Å²) >= 11 is 2.73. The standard InChI is InChI=1S/C6H12N2O2Se/c1-4(5(9)10)7-6(11)8(2)3/h4H,1-3H3,(H,7,11)(H,9,10). The van der Waals surface area contributed by atoms with E-state index >= 15 is 0 Å². The van der Waals surface area contributed by atoms with Crippen LogP contribution in [0.4, 0.5) is 0 Å². The molecule has 0 aromatic heterocycles. The minimum absolute atomic E-state index is 0.561. The van der Waals surface area contributed by atoms with Gasteiger partial charge >= 0.3 is 73.4 Å². The molecular weight excluding hydrogens is 211 g/mol. The van der Waals surface area contributed by atoms with Crippen LogP contribution in [0, 0.1) is 0 Å². The van der Waals surface area contributed by atoms with E-state index < -0.39 is 12.0 Å². The SMILES string of the molecule is CC(NC(=[Se])N(C)C)C(=O)O. The number of carboxylic acids is 1. The molecule has 1 unspecified atom stereocenters. The van der Waals surface area contributed by atoms with Gasteiger partial charge in [0.2, 0.25) is 0 Å². The van der Waals surface area contributed by atoms with Crippen LogP contribution in [0.1, 0.15) is 6.92 Å². The van der Waals surface area contributed by atoms with E-state index in [1.54, 1.807) is 11.8 Å². The second kappa shape index (κ2) is 4.36. The van der Waals surface area contributed by atoms with Gasteiger partial charge in [0, 0.05) is 0 Å². The molecule has 5 heteroatoms. The number of rotatable bonds is 4. The van der Waals surface area contributed by atoms with Gasteiger partial charge < -0.3 is 0 Å². The Balaban J connectivity index is 3.85. The first kappa shape index (κ1) is 10.5. The molecule has 0 aliphatic heterocycles. The van der Waals surface area contributed by atoms with Crippen LogP contribution in [-0.4, -0.2) is 56.4 Å². The van der Waals surface area contributed by atoms with Crippen LogP contribution in [0.2, 0.25) is 0 Å². The summed E-state index contributed by atoms with van der Waals surface area (Å²) in [5.74, 6) is -0.861. The molecule has 0 fully saturated rings. The number of nitrogens with zero attached hydrogens (tertiary/aromatic N) is 1. The van der Waals surface area contributed by atoms with Crippen LogP contribution in [0.25, 0.3) is 0 Å². The van der Waals surface area contributed by atoms with Gasteiger partial charge in [-0.05, 0) is 0 Å². The number of hydrogen-bond donors (Lipinski definition) is 2. The summed E-state index contributed by atoms with van der Waals surface area (Å²) in [5.41, 5.74) is 0. The van der Waals surface area contributed by atoms with Crippen LogP contribution in [0.5, 0.6) is 0 Å². The van der Waals surface area contributed by atoms with Crippen molar-refractivity contribution in [2.24, 2.45) is 0 Å². The fourth-order valence-electron chi connectivity index (χ4n) is 0.376. The summed E-state index contributed by atoms with van der Waals surface area (Å²) in [7, 11) is 3.65. The first-order valence-corrected chi connectivity index (χ1v) is 4.01. The van der Waals surface area contributed by atoms with Gasteiger partial charge in [0.15, 0.2) is 0 Å². The predicted molar refractivity (Wildman–Crippen MR) is 44.7 cm³/mol. The quantitative estimate of drug-likeness (QED) is 0.592. The number of carbonyl (C=O) groups is 1. The van der Waals surface area contributed by atoms with Crippen LogP contribution in [0.3, 0.4) is 0 Å². The van der Waals surface area contributed by atoms with Crippen LogP contribution < -0.4 is 5.32 Å². The monoisotopic (exact) mass is 224 g/mol. The number of carboxylic acid groups (broad SMARTS) is 1. The van der Waals surface area contributed by atoms with Crippen molar-refractivity contribution in [3.63, 3.8) is 0 Å².